The Morgan fingerprint density at radius 2 is 0.811 bits per heavy atom. The van der Waals surface area contributed by atoms with Gasteiger partial charge in [0, 0.05) is 98.3 Å². The third kappa shape index (κ3) is 30.1. The summed E-state index contributed by atoms with van der Waals surface area (Å²) in [6, 6.07) is 16.4. The number of amides is 6. The second-order valence-corrected chi connectivity index (χ2v) is 17.4. The summed E-state index contributed by atoms with van der Waals surface area (Å²) in [5.74, 6) is -0.634. The quantitative estimate of drug-likeness (QED) is 0.0393. The Labute approximate surface area is 437 Å². The lowest BCUT2D eigenvalue weighted by Gasteiger charge is -2.25. The molecule has 0 radical (unpaired) electrons. The number of nitrogens with zero attached hydrogens (tertiary/aromatic N) is 3. The second kappa shape index (κ2) is 40.0. The molecule has 23 nitrogen and oxygen atoms in total. The highest BCUT2D eigenvalue weighted by Gasteiger charge is 2.29. The molecule has 2 aromatic rings. The number of benzene rings is 2. The molecule has 0 spiro atoms. The molecule has 0 heterocycles. The standard InChI is InChI=1S/C51H84N10O13/c1-41(62)53-15-25-68-31-33-70-28-18-56-49(65)38-60(4)23-24-61(39-50(66)57-19-29-72-34-32-69-26-16-54-42(2)63)22-14-52-13-21-59(3)37-48(64)55-17-27-71-35-36-73-30-20-58-51(67)74-40-47-45-11-7-5-9-43(45)44-10-6-8-12-46(44)47/h5-12,47,52H,13-40H2,1-4H3,(H,53,62)(H,54,63)(H,55,64)(H,56,65)(H,57,66)(H,58,67). The van der Waals surface area contributed by atoms with Crippen LogP contribution in [0.25, 0.3) is 11.1 Å². The molecule has 23 heteroatoms. The van der Waals surface area contributed by atoms with Gasteiger partial charge in [-0.15, -0.1) is 0 Å². The van der Waals surface area contributed by atoms with Gasteiger partial charge in [-0.3, -0.25) is 38.7 Å². The first kappa shape index (κ1) is 63.0. The fourth-order valence-corrected chi connectivity index (χ4v) is 7.46. The van der Waals surface area contributed by atoms with Crippen LogP contribution in [0.2, 0.25) is 0 Å². The molecule has 3 rings (SSSR count). The molecule has 416 valence electrons. The van der Waals surface area contributed by atoms with Crippen molar-refractivity contribution in [2.24, 2.45) is 0 Å². The first-order chi connectivity index (χ1) is 35.9. The molecule has 6 amide bonds. The zero-order valence-electron chi connectivity index (χ0n) is 44.1. The van der Waals surface area contributed by atoms with E-state index in [2.05, 4.69) is 61.5 Å². The molecule has 0 bridgehead atoms. The first-order valence-electron chi connectivity index (χ1n) is 25.6. The van der Waals surface area contributed by atoms with Gasteiger partial charge in [-0.05, 0) is 36.3 Å². The fourth-order valence-electron chi connectivity index (χ4n) is 7.46. The lowest BCUT2D eigenvalue weighted by Crippen LogP contribution is -2.45. The van der Waals surface area contributed by atoms with Gasteiger partial charge in [-0.1, -0.05) is 48.5 Å². The molecular formula is C51H84N10O13. The van der Waals surface area contributed by atoms with Crippen LogP contribution in [0.15, 0.2) is 48.5 Å². The topological polar surface area (TPSA) is 261 Å². The molecule has 1 aliphatic rings. The van der Waals surface area contributed by atoms with Crippen LogP contribution in [-0.2, 0) is 57.1 Å². The molecule has 0 aliphatic heterocycles. The fraction of sp³-hybridized carbons (Fsp3) is 0.647. The molecule has 2 aromatic carbocycles. The molecule has 0 aromatic heterocycles. The first-order valence-corrected chi connectivity index (χ1v) is 25.6. The van der Waals surface area contributed by atoms with Crippen LogP contribution in [-0.4, -0.2) is 248 Å². The Hall–Kier alpha value is -5.34. The van der Waals surface area contributed by atoms with Gasteiger partial charge >= 0.3 is 6.09 Å². The minimum Gasteiger partial charge on any atom is -0.449 e. The zero-order chi connectivity index (χ0) is 53.4. The number of hydrogen-bond donors (Lipinski definition) is 7. The second-order valence-electron chi connectivity index (χ2n) is 17.4. The molecule has 74 heavy (non-hydrogen) atoms. The normalized spacial score (nSPS) is 11.9. The Morgan fingerprint density at radius 3 is 1.26 bits per heavy atom. The smallest absolute Gasteiger partial charge is 0.407 e. The number of rotatable bonds is 44. The average molecular weight is 1050 g/mol. The van der Waals surface area contributed by atoms with E-state index < -0.39 is 6.09 Å². The van der Waals surface area contributed by atoms with Gasteiger partial charge in [0.2, 0.25) is 29.5 Å². The Balaban J connectivity index is 1.22. The van der Waals surface area contributed by atoms with E-state index in [0.717, 1.165) is 11.1 Å². The van der Waals surface area contributed by atoms with Crippen LogP contribution < -0.4 is 37.2 Å². The van der Waals surface area contributed by atoms with Crippen molar-refractivity contribution in [3.8, 4) is 11.1 Å². The summed E-state index contributed by atoms with van der Waals surface area (Å²) < 4.78 is 38.5. The van der Waals surface area contributed by atoms with E-state index in [0.29, 0.717) is 158 Å². The van der Waals surface area contributed by atoms with E-state index in [4.69, 9.17) is 33.2 Å². The number of carbonyl (C=O) groups is 6. The monoisotopic (exact) mass is 1040 g/mol. The lowest BCUT2D eigenvalue weighted by atomic mass is 9.98. The maximum Gasteiger partial charge on any atom is 0.407 e. The maximum atomic E-state index is 12.9. The summed E-state index contributed by atoms with van der Waals surface area (Å²) in [6.07, 6.45) is -0.491. The van der Waals surface area contributed by atoms with Crippen molar-refractivity contribution in [2.45, 2.75) is 19.8 Å². The zero-order valence-corrected chi connectivity index (χ0v) is 44.1. The van der Waals surface area contributed by atoms with Crippen LogP contribution in [0, 0.1) is 0 Å². The molecule has 0 atom stereocenters. The minimum absolute atomic E-state index is 0.00182. The van der Waals surface area contributed by atoms with Crippen molar-refractivity contribution in [1.82, 2.24) is 51.9 Å². The van der Waals surface area contributed by atoms with E-state index >= 15 is 0 Å². The summed E-state index contributed by atoms with van der Waals surface area (Å²) in [5.41, 5.74) is 4.67. The van der Waals surface area contributed by atoms with E-state index in [9.17, 15) is 28.8 Å². The largest absolute Gasteiger partial charge is 0.449 e. The summed E-state index contributed by atoms with van der Waals surface area (Å²) in [4.78, 5) is 78.1. The number of hydrogen-bond acceptors (Lipinski definition) is 17. The highest BCUT2D eigenvalue weighted by molar-refractivity contribution is 5.80. The van der Waals surface area contributed by atoms with Gasteiger partial charge in [0.15, 0.2) is 0 Å². The molecule has 0 unspecified atom stereocenters. The number of fused-ring (bicyclic) bond motifs is 3. The van der Waals surface area contributed by atoms with Crippen LogP contribution in [0.3, 0.4) is 0 Å². The van der Waals surface area contributed by atoms with Gasteiger partial charge in [-0.25, -0.2) is 4.79 Å². The van der Waals surface area contributed by atoms with Crippen LogP contribution in [0.5, 0.6) is 0 Å². The maximum absolute atomic E-state index is 12.9. The van der Waals surface area contributed by atoms with Gasteiger partial charge < -0.3 is 70.4 Å². The molecule has 7 N–H and O–H groups in total. The average Bonchev–Trinajstić information content (AvgIpc) is 3.69. The Kier molecular flexibility index (Phi) is 34.1. The van der Waals surface area contributed by atoms with Crippen molar-refractivity contribution in [1.29, 1.82) is 0 Å². The predicted octanol–water partition coefficient (Wildman–Crippen LogP) is -0.999. The molecule has 0 fully saturated rings. The SMILES string of the molecule is CC(=O)NCCOCCOCCNC(=O)CN(C)CCN(CCNCCN(C)CC(=O)NCCOCCOCCNC(=O)OCC1c2ccccc2-c2ccccc21)CC(=O)NCCOCCOCCNC(C)=O. The summed E-state index contributed by atoms with van der Waals surface area (Å²) >= 11 is 0. The van der Waals surface area contributed by atoms with Crippen molar-refractivity contribution in [2.75, 3.05) is 198 Å². The summed E-state index contributed by atoms with van der Waals surface area (Å²) in [6.45, 7) is 13.7. The van der Waals surface area contributed by atoms with Gasteiger partial charge in [-0.2, -0.15) is 0 Å². The molecule has 0 saturated heterocycles. The number of likely N-dealkylation sites (N-methyl/N-ethyl adjacent to an activating group) is 2. The predicted molar refractivity (Wildman–Crippen MR) is 279 cm³/mol. The van der Waals surface area contributed by atoms with Crippen molar-refractivity contribution >= 4 is 35.6 Å². The summed E-state index contributed by atoms with van der Waals surface area (Å²) in [7, 11) is 3.72. The highest BCUT2D eigenvalue weighted by Crippen LogP contribution is 2.44. The van der Waals surface area contributed by atoms with Crippen LogP contribution >= 0.6 is 0 Å². The van der Waals surface area contributed by atoms with E-state index in [1.54, 1.807) is 0 Å². The van der Waals surface area contributed by atoms with E-state index in [1.807, 2.05) is 53.1 Å². The summed E-state index contributed by atoms with van der Waals surface area (Å²) in [5, 5.41) is 20.1. The van der Waals surface area contributed by atoms with E-state index in [1.165, 1.54) is 25.0 Å². The minimum atomic E-state index is -0.491. The van der Waals surface area contributed by atoms with Crippen LogP contribution in [0.1, 0.15) is 30.9 Å². The number of ether oxygens (including phenoxy) is 7. The molecule has 0 saturated carbocycles. The van der Waals surface area contributed by atoms with Gasteiger partial charge in [0.1, 0.15) is 6.61 Å². The van der Waals surface area contributed by atoms with Gasteiger partial charge in [0.05, 0.1) is 98.9 Å². The molecule has 1 aliphatic carbocycles. The third-order valence-electron chi connectivity index (χ3n) is 11.2. The van der Waals surface area contributed by atoms with Crippen molar-refractivity contribution in [3.05, 3.63) is 59.7 Å². The Morgan fingerprint density at radius 1 is 0.432 bits per heavy atom. The van der Waals surface area contributed by atoms with Gasteiger partial charge in [0.25, 0.3) is 0 Å². The number of alkyl carbamates (subject to hydrolysis) is 1. The lowest BCUT2D eigenvalue weighted by molar-refractivity contribution is -0.123. The molecular weight excluding hydrogens is 961 g/mol. The van der Waals surface area contributed by atoms with Crippen molar-refractivity contribution < 1.29 is 61.9 Å². The number of nitrogens with one attached hydrogen (secondary N) is 7. The highest BCUT2D eigenvalue weighted by atomic mass is 16.6. The number of carbonyl (C=O) groups excluding carboxylic acids is 6. The van der Waals surface area contributed by atoms with Crippen molar-refractivity contribution in [3.63, 3.8) is 0 Å². The Bertz CT molecular complexity index is 1870. The van der Waals surface area contributed by atoms with E-state index in [-0.39, 0.29) is 61.7 Å². The van der Waals surface area contributed by atoms with Crippen LogP contribution in [0.4, 0.5) is 4.79 Å². The third-order valence-corrected chi connectivity index (χ3v) is 11.2.